The normalized spacial score (nSPS) is 10.8. The van der Waals surface area contributed by atoms with Crippen molar-refractivity contribution in [1.29, 1.82) is 0 Å². The van der Waals surface area contributed by atoms with Crippen LogP contribution in [0.2, 0.25) is 0 Å². The molecule has 0 saturated carbocycles. The molecule has 0 spiro atoms. The van der Waals surface area contributed by atoms with Gasteiger partial charge in [0.1, 0.15) is 0 Å². The molecule has 0 aliphatic heterocycles. The molecule has 1 radical (unpaired) electrons. The summed E-state index contributed by atoms with van der Waals surface area (Å²) < 4.78 is 0. The van der Waals surface area contributed by atoms with Crippen molar-refractivity contribution in [1.82, 2.24) is 0 Å². The summed E-state index contributed by atoms with van der Waals surface area (Å²) >= 11 is 0. The Labute approximate surface area is 85.4 Å². The third kappa shape index (κ3) is 7.01. The van der Waals surface area contributed by atoms with Crippen LogP contribution in [0.4, 0.5) is 0 Å². The topological polar surface area (TPSA) is 78.1 Å². The van der Waals surface area contributed by atoms with Gasteiger partial charge in [0.15, 0.2) is 0 Å². The average molecular weight is 367 g/mol. The van der Waals surface area contributed by atoms with Crippen molar-refractivity contribution in [3.63, 3.8) is 0 Å². The minimum absolute atomic E-state index is 0. The quantitative estimate of drug-likeness (QED) is 0.480. The van der Waals surface area contributed by atoms with Gasteiger partial charge in [-0.15, -0.1) is 0 Å². The summed E-state index contributed by atoms with van der Waals surface area (Å²) in [5, 5.41) is 0. The molecule has 0 atom stereocenters. The fraction of sp³-hybridized carbons (Fsp3) is 0.833. The Hall–Kier alpha value is 0.893. The molecule has 0 aliphatic rings. The van der Waals surface area contributed by atoms with Crippen LogP contribution in [-0.4, -0.2) is 5.66 Å². The Kier molecular flexibility index (Phi) is 8.89. The van der Waals surface area contributed by atoms with Crippen molar-refractivity contribution in [2.24, 2.45) is 17.2 Å². The first-order valence-electron chi connectivity index (χ1n) is 3.26. The summed E-state index contributed by atoms with van der Waals surface area (Å²) in [7, 11) is 0. The van der Waals surface area contributed by atoms with Crippen molar-refractivity contribution in [3.8, 4) is 0 Å². The maximum Gasteiger partial charge on any atom is 0 e. The second kappa shape index (κ2) is 6.59. The Balaban J connectivity index is 0. The van der Waals surface area contributed by atoms with E-state index in [9.17, 15) is 0 Å². The fourth-order valence-electron chi connectivity index (χ4n) is 0.566. The molecule has 3 nitrogen and oxygen atoms in total. The van der Waals surface area contributed by atoms with Crippen LogP contribution in [0.1, 0.15) is 26.2 Å². The number of unbranched alkanes of at least 4 members (excludes halogenated alkanes) is 1. The SMILES string of the molecule is CCCCC(N)(N)[CH-]N.[Np]. The number of rotatable bonds is 4. The Bertz CT molecular complexity index is 75.4. The van der Waals surface area contributed by atoms with Crippen LogP contribution < -0.4 is 17.2 Å². The smallest absolute Gasteiger partial charge is 0 e. The summed E-state index contributed by atoms with van der Waals surface area (Å²) in [5.74, 6) is 0. The molecule has 61 valence electrons. The van der Waals surface area contributed by atoms with Crippen LogP contribution in [-0.2, 0) is 0 Å². The maximum absolute atomic E-state index is 5.50. The minimum Gasteiger partial charge on any atom is -0.481 e. The molecule has 0 aromatic heterocycles. The molecule has 0 aliphatic carbocycles. The monoisotopic (exact) mass is 366 g/mol. The molecule has 0 saturated heterocycles. The molecule has 0 unspecified atom stereocenters. The summed E-state index contributed by atoms with van der Waals surface area (Å²) in [6.45, 7) is 3.44. The molecule has 0 amide bonds. The van der Waals surface area contributed by atoms with Crippen LogP contribution >= 0.6 is 0 Å². The van der Waals surface area contributed by atoms with Gasteiger partial charge in [0, 0.05) is 29.9 Å². The zero-order chi connectivity index (χ0) is 7.33. The van der Waals surface area contributed by atoms with Gasteiger partial charge in [-0.2, -0.15) is 0 Å². The number of hydrogen-bond acceptors (Lipinski definition) is 3. The summed E-state index contributed by atoms with van der Waals surface area (Å²) in [5.41, 5.74) is 15.4. The van der Waals surface area contributed by atoms with Gasteiger partial charge in [-0.25, -0.2) is 6.54 Å². The largest absolute Gasteiger partial charge is 0.481 e. The van der Waals surface area contributed by atoms with Crippen LogP contribution in [0.3, 0.4) is 0 Å². The zero-order valence-electron chi connectivity index (χ0n) is 6.38. The van der Waals surface area contributed by atoms with E-state index in [1.165, 1.54) is 6.54 Å². The van der Waals surface area contributed by atoms with Gasteiger partial charge in [-0.05, 0) is 6.42 Å². The van der Waals surface area contributed by atoms with Gasteiger partial charge in [0.2, 0.25) is 0 Å². The van der Waals surface area contributed by atoms with Crippen LogP contribution in [0.25, 0.3) is 0 Å². The molecule has 6 N–H and O–H groups in total. The number of nitrogens with two attached hydrogens (primary N) is 3. The molecular weight excluding hydrogens is 351 g/mol. The van der Waals surface area contributed by atoms with Gasteiger partial charge >= 0.3 is 0 Å². The van der Waals surface area contributed by atoms with Crippen LogP contribution in [0.5, 0.6) is 0 Å². The van der Waals surface area contributed by atoms with Gasteiger partial charge in [-0.3, -0.25) is 0 Å². The van der Waals surface area contributed by atoms with E-state index in [0.29, 0.717) is 0 Å². The molecule has 0 rings (SSSR count). The Morgan fingerprint density at radius 2 is 1.90 bits per heavy atom. The molecule has 0 bridgehead atoms. The van der Waals surface area contributed by atoms with Crippen LogP contribution in [0, 0.1) is 36.5 Å². The van der Waals surface area contributed by atoms with Crippen molar-refractivity contribution < 1.29 is 29.9 Å². The molecule has 0 aromatic carbocycles. The van der Waals surface area contributed by atoms with Crippen molar-refractivity contribution in [3.05, 3.63) is 6.54 Å². The van der Waals surface area contributed by atoms with E-state index in [1.807, 2.05) is 0 Å². The molecule has 0 heterocycles. The minimum atomic E-state index is -0.754. The summed E-state index contributed by atoms with van der Waals surface area (Å²) in [6.07, 6.45) is 2.89. The zero-order valence-corrected chi connectivity index (χ0v) is 10.1. The van der Waals surface area contributed by atoms with Gasteiger partial charge in [0.25, 0.3) is 0 Å². The van der Waals surface area contributed by atoms with Gasteiger partial charge in [0.05, 0.1) is 0 Å². The van der Waals surface area contributed by atoms with Crippen molar-refractivity contribution >= 4 is 0 Å². The second-order valence-electron chi connectivity index (χ2n) is 2.38. The Morgan fingerprint density at radius 3 is 2.20 bits per heavy atom. The Morgan fingerprint density at radius 1 is 1.40 bits per heavy atom. The van der Waals surface area contributed by atoms with E-state index in [1.54, 1.807) is 0 Å². The first kappa shape index (κ1) is 13.5. The molecule has 0 aromatic rings. The third-order valence-electron chi connectivity index (χ3n) is 1.27. The fourth-order valence-corrected chi connectivity index (χ4v) is 0.566. The van der Waals surface area contributed by atoms with E-state index >= 15 is 0 Å². The van der Waals surface area contributed by atoms with E-state index in [-0.39, 0.29) is 29.9 Å². The third-order valence-corrected chi connectivity index (χ3v) is 1.27. The molecule has 10 heavy (non-hydrogen) atoms. The molecule has 4 heteroatoms. The van der Waals surface area contributed by atoms with E-state index in [4.69, 9.17) is 17.2 Å². The van der Waals surface area contributed by atoms with E-state index in [2.05, 4.69) is 6.92 Å². The number of hydrogen-bond donors (Lipinski definition) is 3. The van der Waals surface area contributed by atoms with E-state index < -0.39 is 5.66 Å². The van der Waals surface area contributed by atoms with Crippen molar-refractivity contribution in [2.45, 2.75) is 31.8 Å². The van der Waals surface area contributed by atoms with Gasteiger partial charge < -0.3 is 17.2 Å². The molecule has 0 fully saturated rings. The van der Waals surface area contributed by atoms with Gasteiger partial charge in [-0.1, -0.05) is 25.4 Å². The van der Waals surface area contributed by atoms with Crippen LogP contribution in [0.15, 0.2) is 0 Å². The van der Waals surface area contributed by atoms with E-state index in [0.717, 1.165) is 19.3 Å². The summed E-state index contributed by atoms with van der Waals surface area (Å²) in [4.78, 5) is 0. The second-order valence-corrected chi connectivity index (χ2v) is 2.38. The average Bonchev–Trinajstić information content (AvgIpc) is 1.84. The first-order chi connectivity index (χ1) is 4.12. The predicted molar refractivity (Wildman–Crippen MR) is 39.1 cm³/mol. The maximum atomic E-state index is 5.50. The standard InChI is InChI=1S/C6H16N3.Np/c1-2-3-4-6(8,9)5-7;/h5H,2-4,7-9H2,1H3;/q-1;. The first-order valence-corrected chi connectivity index (χ1v) is 3.26. The predicted octanol–water partition coefficient (Wildman–Crippen LogP) is -0.0892. The summed E-state index contributed by atoms with van der Waals surface area (Å²) in [6, 6.07) is 0. The van der Waals surface area contributed by atoms with Crippen molar-refractivity contribution in [2.75, 3.05) is 0 Å². The molecular formula is C6H16N3Np-.